The maximum Gasteiger partial charge on any atom is 0.0589 e. The van der Waals surface area contributed by atoms with Crippen molar-refractivity contribution in [2.24, 2.45) is 0 Å². The maximum atomic E-state index is 5.55. The third-order valence-electron chi connectivity index (χ3n) is 4.09. The van der Waals surface area contributed by atoms with Crippen LogP contribution in [0, 0.1) is 0 Å². The van der Waals surface area contributed by atoms with Crippen LogP contribution in [0.1, 0.15) is 49.1 Å². The Hall–Kier alpha value is -0.970. The van der Waals surface area contributed by atoms with Gasteiger partial charge in [-0.15, -0.1) is 0 Å². The van der Waals surface area contributed by atoms with Crippen LogP contribution in [-0.2, 0) is 16.0 Å². The van der Waals surface area contributed by atoms with Crippen molar-refractivity contribution in [3.05, 3.63) is 29.1 Å². The predicted octanol–water partition coefficient (Wildman–Crippen LogP) is 2.79. The Balaban J connectivity index is 2.18. The fourth-order valence-corrected chi connectivity index (χ4v) is 2.71. The number of pyridine rings is 1. The van der Waals surface area contributed by atoms with Crippen LogP contribution < -0.4 is 0 Å². The molecule has 0 N–H and O–H groups in total. The van der Waals surface area contributed by atoms with Gasteiger partial charge in [-0.1, -0.05) is 19.9 Å². The van der Waals surface area contributed by atoms with Crippen LogP contribution in [0.25, 0.3) is 0 Å². The van der Waals surface area contributed by atoms with Gasteiger partial charge in [0, 0.05) is 38.4 Å². The first-order valence-corrected chi connectivity index (χ1v) is 7.86. The summed E-state index contributed by atoms with van der Waals surface area (Å²) in [6.07, 6.45) is 1.11. The van der Waals surface area contributed by atoms with E-state index in [1.807, 2.05) is 0 Å². The lowest BCUT2D eigenvalue weighted by atomic mass is 9.95. The van der Waals surface area contributed by atoms with E-state index >= 15 is 0 Å². The largest absolute Gasteiger partial charge is 0.383 e. The molecule has 4 nitrogen and oxygen atoms in total. The number of rotatable bonds is 7. The van der Waals surface area contributed by atoms with Gasteiger partial charge in [-0.25, -0.2) is 0 Å². The van der Waals surface area contributed by atoms with Gasteiger partial charge in [-0.2, -0.15) is 0 Å². The van der Waals surface area contributed by atoms with E-state index in [2.05, 4.69) is 37.9 Å². The number of likely N-dealkylation sites (N-methyl/N-ethyl adjacent to an activating group) is 1. The van der Waals surface area contributed by atoms with Crippen LogP contribution in [0.4, 0.5) is 0 Å². The molecular formula is C17H28N2O2. The van der Waals surface area contributed by atoms with Gasteiger partial charge in [0.2, 0.25) is 0 Å². The number of aromatic nitrogens is 1. The third-order valence-corrected chi connectivity index (χ3v) is 4.09. The van der Waals surface area contributed by atoms with E-state index in [9.17, 15) is 0 Å². The summed E-state index contributed by atoms with van der Waals surface area (Å²) in [5, 5.41) is 0. The second kappa shape index (κ2) is 7.87. The smallest absolute Gasteiger partial charge is 0.0589 e. The molecule has 1 unspecified atom stereocenters. The van der Waals surface area contributed by atoms with Crippen molar-refractivity contribution in [1.82, 2.24) is 9.88 Å². The minimum absolute atomic E-state index is 0.460. The molecule has 0 amide bonds. The van der Waals surface area contributed by atoms with Crippen LogP contribution in [-0.4, -0.2) is 50.4 Å². The maximum absolute atomic E-state index is 5.55. The van der Waals surface area contributed by atoms with Crippen molar-refractivity contribution in [2.45, 2.75) is 38.6 Å². The lowest BCUT2D eigenvalue weighted by molar-refractivity contribution is 0.157. The van der Waals surface area contributed by atoms with Crippen LogP contribution >= 0.6 is 0 Å². The Morgan fingerprint density at radius 2 is 2.24 bits per heavy atom. The molecule has 0 bridgehead atoms. The second-order valence-corrected chi connectivity index (χ2v) is 6.22. The quantitative estimate of drug-likeness (QED) is 0.774. The van der Waals surface area contributed by atoms with Crippen molar-refractivity contribution >= 4 is 0 Å². The van der Waals surface area contributed by atoms with Gasteiger partial charge in [0.05, 0.1) is 18.9 Å². The molecule has 21 heavy (non-hydrogen) atoms. The van der Waals surface area contributed by atoms with Gasteiger partial charge >= 0.3 is 0 Å². The summed E-state index contributed by atoms with van der Waals surface area (Å²) in [7, 11) is 3.87. The van der Waals surface area contributed by atoms with Gasteiger partial charge in [-0.05, 0) is 31.0 Å². The zero-order valence-electron chi connectivity index (χ0n) is 13.8. The highest BCUT2D eigenvalue weighted by molar-refractivity contribution is 5.28. The number of methoxy groups -OCH3 is 1. The highest BCUT2D eigenvalue weighted by atomic mass is 16.5. The minimum atomic E-state index is 0.460. The Labute approximate surface area is 128 Å². The molecule has 2 heterocycles. The lowest BCUT2D eigenvalue weighted by Crippen LogP contribution is -2.24. The summed E-state index contributed by atoms with van der Waals surface area (Å²) >= 11 is 0. The third kappa shape index (κ3) is 4.50. The van der Waals surface area contributed by atoms with Gasteiger partial charge in [0.25, 0.3) is 0 Å². The average Bonchev–Trinajstić information content (AvgIpc) is 2.99. The van der Waals surface area contributed by atoms with E-state index in [4.69, 9.17) is 14.5 Å². The fourth-order valence-electron chi connectivity index (χ4n) is 2.71. The van der Waals surface area contributed by atoms with Gasteiger partial charge < -0.3 is 9.47 Å². The molecule has 0 saturated carbocycles. The molecule has 1 saturated heterocycles. The van der Waals surface area contributed by atoms with E-state index < -0.39 is 0 Å². The number of ether oxygens (including phenoxy) is 2. The van der Waals surface area contributed by atoms with Crippen LogP contribution in [0.2, 0.25) is 0 Å². The lowest BCUT2D eigenvalue weighted by Gasteiger charge is -2.21. The number of hydrogen-bond donors (Lipinski definition) is 0. The van der Waals surface area contributed by atoms with Crippen molar-refractivity contribution in [2.75, 3.05) is 40.5 Å². The number of hydrogen-bond acceptors (Lipinski definition) is 4. The second-order valence-electron chi connectivity index (χ2n) is 6.22. The average molecular weight is 292 g/mol. The Morgan fingerprint density at radius 3 is 2.86 bits per heavy atom. The van der Waals surface area contributed by atoms with Gasteiger partial charge in [0.15, 0.2) is 0 Å². The molecule has 4 heteroatoms. The van der Waals surface area contributed by atoms with E-state index in [0.717, 1.165) is 39.3 Å². The molecule has 2 rings (SSSR count). The normalized spacial score (nSPS) is 18.9. The van der Waals surface area contributed by atoms with Gasteiger partial charge in [-0.3, -0.25) is 9.88 Å². The van der Waals surface area contributed by atoms with Crippen molar-refractivity contribution < 1.29 is 9.47 Å². The van der Waals surface area contributed by atoms with Crippen molar-refractivity contribution in [1.29, 1.82) is 0 Å². The molecule has 0 radical (unpaired) electrons. The molecule has 1 aliphatic heterocycles. The van der Waals surface area contributed by atoms with E-state index in [1.165, 1.54) is 17.0 Å². The van der Waals surface area contributed by atoms with Crippen LogP contribution in [0.15, 0.2) is 12.1 Å². The summed E-state index contributed by atoms with van der Waals surface area (Å²) < 4.78 is 10.7. The molecule has 1 fully saturated rings. The topological polar surface area (TPSA) is 34.6 Å². The molecule has 0 aromatic carbocycles. The molecule has 0 spiro atoms. The standard InChI is InChI=1S/C17H28N2O2/c1-13(2)16-6-5-15(14-7-9-21-12-14)17(18-16)11-19(3)8-10-20-4/h5-6,13-14H,7-12H2,1-4H3. The Bertz CT molecular complexity index is 442. The first-order valence-electron chi connectivity index (χ1n) is 7.86. The molecule has 1 aromatic heterocycles. The summed E-state index contributed by atoms with van der Waals surface area (Å²) in [5.74, 6) is 0.964. The summed E-state index contributed by atoms with van der Waals surface area (Å²) in [5.41, 5.74) is 3.74. The molecule has 1 aliphatic rings. The minimum Gasteiger partial charge on any atom is -0.383 e. The molecule has 1 atom stereocenters. The first-order chi connectivity index (χ1) is 10.1. The predicted molar refractivity (Wildman–Crippen MR) is 84.7 cm³/mol. The van der Waals surface area contributed by atoms with E-state index in [0.29, 0.717) is 11.8 Å². The summed E-state index contributed by atoms with van der Waals surface area (Å²) in [4.78, 5) is 7.20. The van der Waals surface area contributed by atoms with E-state index in [-0.39, 0.29) is 0 Å². The zero-order valence-corrected chi connectivity index (χ0v) is 13.8. The SMILES string of the molecule is COCCN(C)Cc1nc(C(C)C)ccc1C1CCOC1. The highest BCUT2D eigenvalue weighted by Crippen LogP contribution is 2.29. The molecular weight excluding hydrogens is 264 g/mol. The Kier molecular flexibility index (Phi) is 6.15. The van der Waals surface area contributed by atoms with Crippen LogP contribution in [0.3, 0.4) is 0 Å². The molecule has 1 aromatic rings. The number of nitrogens with zero attached hydrogens (tertiary/aromatic N) is 2. The van der Waals surface area contributed by atoms with Crippen LogP contribution in [0.5, 0.6) is 0 Å². The van der Waals surface area contributed by atoms with Crippen molar-refractivity contribution in [3.63, 3.8) is 0 Å². The Morgan fingerprint density at radius 1 is 1.43 bits per heavy atom. The molecule has 0 aliphatic carbocycles. The highest BCUT2D eigenvalue weighted by Gasteiger charge is 2.22. The van der Waals surface area contributed by atoms with Crippen molar-refractivity contribution in [3.8, 4) is 0 Å². The summed E-state index contributed by atoms with van der Waals surface area (Å²) in [6.45, 7) is 8.63. The van der Waals surface area contributed by atoms with Gasteiger partial charge in [0.1, 0.15) is 0 Å². The zero-order chi connectivity index (χ0) is 15.2. The molecule has 118 valence electrons. The summed E-state index contributed by atoms with van der Waals surface area (Å²) in [6, 6.07) is 4.44. The van der Waals surface area contributed by atoms with E-state index in [1.54, 1.807) is 7.11 Å². The first kappa shape index (κ1) is 16.4. The fraction of sp³-hybridized carbons (Fsp3) is 0.706. The monoisotopic (exact) mass is 292 g/mol.